The van der Waals surface area contributed by atoms with Crippen LogP contribution in [0.4, 0.5) is 11.8 Å². The molecule has 5 nitrogen and oxygen atoms in total. The maximum absolute atomic E-state index is 5.12. The van der Waals surface area contributed by atoms with E-state index in [1.165, 1.54) is 0 Å². The van der Waals surface area contributed by atoms with Crippen molar-refractivity contribution < 1.29 is 4.74 Å². The summed E-state index contributed by atoms with van der Waals surface area (Å²) in [6.45, 7) is 9.59. The van der Waals surface area contributed by atoms with Gasteiger partial charge in [0, 0.05) is 38.5 Å². The Bertz CT molecular complexity index is 357. The highest BCUT2D eigenvalue weighted by Gasteiger charge is 2.08. The number of aryl methyl sites for hydroxylation is 1. The second kappa shape index (κ2) is 7.87. The number of anilines is 2. The van der Waals surface area contributed by atoms with Crippen molar-refractivity contribution in [3.63, 3.8) is 0 Å². The topological polar surface area (TPSA) is 50.3 Å². The third kappa shape index (κ3) is 4.49. The van der Waals surface area contributed by atoms with Crippen LogP contribution >= 0.6 is 0 Å². The van der Waals surface area contributed by atoms with Gasteiger partial charge in [-0.15, -0.1) is 0 Å². The van der Waals surface area contributed by atoms with Crippen molar-refractivity contribution in [1.29, 1.82) is 0 Å². The van der Waals surface area contributed by atoms with E-state index in [1.54, 1.807) is 7.11 Å². The van der Waals surface area contributed by atoms with Gasteiger partial charge in [-0.1, -0.05) is 6.92 Å². The van der Waals surface area contributed by atoms with Crippen LogP contribution < -0.4 is 10.2 Å². The number of rotatable bonds is 8. The minimum absolute atomic E-state index is 0.703. The lowest BCUT2D eigenvalue weighted by Crippen LogP contribution is -2.28. The fourth-order valence-corrected chi connectivity index (χ4v) is 1.67. The predicted octanol–water partition coefficient (Wildman–Crippen LogP) is 2.08. The molecule has 0 radical (unpaired) electrons. The number of ether oxygens (including phenoxy) is 1. The van der Waals surface area contributed by atoms with Crippen LogP contribution in [0.3, 0.4) is 0 Å². The van der Waals surface area contributed by atoms with Crippen LogP contribution in [0.25, 0.3) is 0 Å². The van der Waals surface area contributed by atoms with Crippen molar-refractivity contribution >= 4 is 11.8 Å². The number of methoxy groups -OCH3 is 1. The Morgan fingerprint density at radius 2 is 2.11 bits per heavy atom. The molecule has 0 spiro atoms. The first-order valence-electron chi connectivity index (χ1n) is 6.54. The van der Waals surface area contributed by atoms with Crippen LogP contribution in [-0.2, 0) is 4.74 Å². The fraction of sp³-hybridized carbons (Fsp3) is 0.692. The van der Waals surface area contributed by atoms with E-state index >= 15 is 0 Å². The van der Waals surface area contributed by atoms with Crippen molar-refractivity contribution in [2.45, 2.75) is 27.2 Å². The Morgan fingerprint density at radius 1 is 1.33 bits per heavy atom. The molecule has 0 saturated heterocycles. The smallest absolute Gasteiger partial charge is 0.224 e. The largest absolute Gasteiger partial charge is 0.383 e. The van der Waals surface area contributed by atoms with Gasteiger partial charge >= 0.3 is 0 Å². The Kier molecular flexibility index (Phi) is 6.43. The number of hydrogen-bond donors (Lipinski definition) is 1. The van der Waals surface area contributed by atoms with Crippen molar-refractivity contribution in [2.75, 3.05) is 43.6 Å². The third-order valence-electron chi connectivity index (χ3n) is 2.64. The lowest BCUT2D eigenvalue weighted by molar-refractivity contribution is 0.205. The molecule has 0 amide bonds. The van der Waals surface area contributed by atoms with E-state index in [9.17, 15) is 0 Å². The molecule has 0 aliphatic heterocycles. The minimum Gasteiger partial charge on any atom is -0.383 e. The normalized spacial score (nSPS) is 10.4. The van der Waals surface area contributed by atoms with E-state index in [0.717, 1.165) is 37.6 Å². The van der Waals surface area contributed by atoms with E-state index < -0.39 is 0 Å². The SMILES string of the molecule is CCCNc1nc(C)cc(N(CC)CCOC)n1. The summed E-state index contributed by atoms with van der Waals surface area (Å²) in [4.78, 5) is 11.1. The molecule has 0 fully saturated rings. The maximum Gasteiger partial charge on any atom is 0.224 e. The molecule has 0 aliphatic rings. The first-order chi connectivity index (χ1) is 8.71. The average Bonchev–Trinajstić information content (AvgIpc) is 2.37. The van der Waals surface area contributed by atoms with E-state index in [1.807, 2.05) is 13.0 Å². The van der Waals surface area contributed by atoms with Crippen molar-refractivity contribution in [1.82, 2.24) is 9.97 Å². The molecule has 0 saturated carbocycles. The van der Waals surface area contributed by atoms with E-state index in [-0.39, 0.29) is 0 Å². The minimum atomic E-state index is 0.703. The summed E-state index contributed by atoms with van der Waals surface area (Å²) >= 11 is 0. The first-order valence-corrected chi connectivity index (χ1v) is 6.54. The predicted molar refractivity (Wildman–Crippen MR) is 75.3 cm³/mol. The Morgan fingerprint density at radius 3 is 2.72 bits per heavy atom. The Labute approximate surface area is 110 Å². The molecular weight excluding hydrogens is 228 g/mol. The highest BCUT2D eigenvalue weighted by atomic mass is 16.5. The zero-order valence-corrected chi connectivity index (χ0v) is 11.9. The zero-order valence-electron chi connectivity index (χ0n) is 11.9. The molecule has 1 rings (SSSR count). The Balaban J connectivity index is 2.81. The van der Waals surface area contributed by atoms with Gasteiger partial charge in [-0.05, 0) is 20.3 Å². The van der Waals surface area contributed by atoms with Crippen LogP contribution in [0.2, 0.25) is 0 Å². The quantitative estimate of drug-likeness (QED) is 0.767. The molecule has 18 heavy (non-hydrogen) atoms. The lowest BCUT2D eigenvalue weighted by atomic mass is 10.4. The highest BCUT2D eigenvalue weighted by Crippen LogP contribution is 2.14. The number of nitrogens with one attached hydrogen (secondary N) is 1. The molecular formula is C13H24N4O. The third-order valence-corrected chi connectivity index (χ3v) is 2.64. The summed E-state index contributed by atoms with van der Waals surface area (Å²) < 4.78 is 5.12. The van der Waals surface area contributed by atoms with Gasteiger partial charge in [0.15, 0.2) is 0 Å². The van der Waals surface area contributed by atoms with Crippen molar-refractivity contribution in [3.05, 3.63) is 11.8 Å². The summed E-state index contributed by atoms with van der Waals surface area (Å²) in [5.74, 6) is 1.67. The average molecular weight is 252 g/mol. The summed E-state index contributed by atoms with van der Waals surface area (Å²) in [5.41, 5.74) is 0.981. The number of likely N-dealkylation sites (N-methyl/N-ethyl adjacent to an activating group) is 1. The standard InChI is InChI=1S/C13H24N4O/c1-5-7-14-13-15-11(3)10-12(16-13)17(6-2)8-9-18-4/h10H,5-9H2,1-4H3,(H,14,15,16). The van der Waals surface area contributed by atoms with Gasteiger partial charge in [0.25, 0.3) is 0 Å². The molecule has 0 atom stereocenters. The van der Waals surface area contributed by atoms with Crippen LogP contribution in [0.1, 0.15) is 26.0 Å². The first kappa shape index (κ1) is 14.7. The van der Waals surface area contributed by atoms with Crippen LogP contribution in [-0.4, -0.2) is 43.3 Å². The molecule has 1 aromatic rings. The van der Waals surface area contributed by atoms with Gasteiger partial charge in [0.1, 0.15) is 5.82 Å². The van der Waals surface area contributed by atoms with Crippen LogP contribution in [0, 0.1) is 6.92 Å². The van der Waals surface area contributed by atoms with Gasteiger partial charge in [-0.25, -0.2) is 4.98 Å². The summed E-state index contributed by atoms with van der Waals surface area (Å²) in [6, 6.07) is 2.01. The molecule has 1 aromatic heterocycles. The van der Waals surface area contributed by atoms with Gasteiger partial charge in [0.2, 0.25) is 5.95 Å². The lowest BCUT2D eigenvalue weighted by Gasteiger charge is -2.22. The highest BCUT2D eigenvalue weighted by molar-refractivity contribution is 5.44. The van der Waals surface area contributed by atoms with Crippen LogP contribution in [0.5, 0.6) is 0 Å². The maximum atomic E-state index is 5.12. The van der Waals surface area contributed by atoms with E-state index in [0.29, 0.717) is 12.6 Å². The van der Waals surface area contributed by atoms with Crippen molar-refractivity contribution in [3.8, 4) is 0 Å². The molecule has 0 aliphatic carbocycles. The number of aromatic nitrogens is 2. The monoisotopic (exact) mass is 252 g/mol. The van der Waals surface area contributed by atoms with Crippen LogP contribution in [0.15, 0.2) is 6.07 Å². The van der Waals surface area contributed by atoms with E-state index in [2.05, 4.69) is 34.0 Å². The second-order valence-corrected chi connectivity index (χ2v) is 4.19. The molecule has 0 unspecified atom stereocenters. The Hall–Kier alpha value is -1.36. The number of hydrogen-bond acceptors (Lipinski definition) is 5. The van der Waals surface area contributed by atoms with E-state index in [4.69, 9.17) is 4.74 Å². The van der Waals surface area contributed by atoms with Gasteiger partial charge in [-0.3, -0.25) is 0 Å². The van der Waals surface area contributed by atoms with Gasteiger partial charge in [-0.2, -0.15) is 4.98 Å². The molecule has 0 aromatic carbocycles. The summed E-state index contributed by atoms with van der Waals surface area (Å²) in [5, 5.41) is 3.23. The molecule has 5 heteroatoms. The fourth-order valence-electron chi connectivity index (χ4n) is 1.67. The molecule has 1 N–H and O–H groups in total. The summed E-state index contributed by atoms with van der Waals surface area (Å²) in [6.07, 6.45) is 1.06. The summed E-state index contributed by atoms with van der Waals surface area (Å²) in [7, 11) is 1.72. The molecule has 1 heterocycles. The second-order valence-electron chi connectivity index (χ2n) is 4.19. The number of nitrogens with zero attached hydrogens (tertiary/aromatic N) is 3. The van der Waals surface area contributed by atoms with Crippen molar-refractivity contribution in [2.24, 2.45) is 0 Å². The molecule has 0 bridgehead atoms. The van der Waals surface area contributed by atoms with Gasteiger partial charge in [0.05, 0.1) is 6.61 Å². The molecule has 102 valence electrons. The van der Waals surface area contributed by atoms with Gasteiger partial charge < -0.3 is 15.0 Å². The zero-order chi connectivity index (χ0) is 13.4.